The Morgan fingerprint density at radius 2 is 1.88 bits per heavy atom. The molecule has 1 spiro atoms. The van der Waals surface area contributed by atoms with Crippen LogP contribution in [0.4, 0.5) is 0 Å². The predicted molar refractivity (Wildman–Crippen MR) is 102 cm³/mol. The van der Waals surface area contributed by atoms with E-state index >= 15 is 0 Å². The molecular weight excluding hydrogens is 344 g/mol. The van der Waals surface area contributed by atoms with Crippen LogP contribution < -0.4 is 0 Å². The normalized spacial score (nSPS) is 30.0. The average molecular weight is 368 g/mol. The highest BCUT2D eigenvalue weighted by Crippen LogP contribution is 2.54. The molecule has 3 aliphatic rings. The first-order valence-electron chi connectivity index (χ1n) is 9.49. The van der Waals surface area contributed by atoms with Crippen LogP contribution in [-0.2, 0) is 20.0 Å². The minimum absolute atomic E-state index is 0.0872. The van der Waals surface area contributed by atoms with Crippen molar-refractivity contribution in [2.75, 3.05) is 19.8 Å². The van der Waals surface area contributed by atoms with Gasteiger partial charge in [0.15, 0.2) is 0 Å². The third-order valence-corrected chi connectivity index (χ3v) is 6.90. The minimum atomic E-state index is -0.782. The van der Waals surface area contributed by atoms with E-state index in [0.29, 0.717) is 18.4 Å². The van der Waals surface area contributed by atoms with E-state index in [2.05, 4.69) is 56.3 Å². The van der Waals surface area contributed by atoms with Crippen LogP contribution in [0.15, 0.2) is 52.3 Å². The van der Waals surface area contributed by atoms with Crippen molar-refractivity contribution in [3.8, 4) is 0 Å². The van der Waals surface area contributed by atoms with Crippen molar-refractivity contribution < 1.29 is 14.2 Å². The second-order valence-electron chi connectivity index (χ2n) is 7.72. The lowest BCUT2D eigenvalue weighted by Gasteiger charge is -2.36. The highest BCUT2D eigenvalue weighted by Gasteiger charge is 2.51. The fourth-order valence-corrected chi connectivity index (χ4v) is 5.32. The van der Waals surface area contributed by atoms with Gasteiger partial charge in [-0.2, -0.15) is 0 Å². The van der Waals surface area contributed by atoms with Gasteiger partial charge in [0.1, 0.15) is 0 Å². The predicted octanol–water partition coefficient (Wildman–Crippen LogP) is 4.93. The zero-order valence-corrected chi connectivity index (χ0v) is 16.1. The van der Waals surface area contributed by atoms with E-state index in [9.17, 15) is 0 Å². The van der Waals surface area contributed by atoms with Crippen LogP contribution in [0.2, 0.25) is 0 Å². The van der Waals surface area contributed by atoms with Gasteiger partial charge in [0.25, 0.3) is 0 Å². The fraction of sp³-hybridized carbons (Fsp3) is 0.455. The standard InChI is InChI=1S/C22H24O3S/c1-14(2)15-7-8-21-18(11-15)22(17-5-3-4-6-20(17)26-21)24-13-19(25-22)16-9-10-23-12-16/h3-8,11,14,16,19H,9-10,12-13H2,1-2H3. The highest BCUT2D eigenvalue weighted by molar-refractivity contribution is 7.99. The summed E-state index contributed by atoms with van der Waals surface area (Å²) >= 11 is 1.81. The molecule has 0 amide bonds. The summed E-state index contributed by atoms with van der Waals surface area (Å²) in [5, 5.41) is 0. The van der Waals surface area contributed by atoms with Gasteiger partial charge < -0.3 is 14.2 Å². The number of benzene rings is 2. The van der Waals surface area contributed by atoms with Crippen LogP contribution in [0.5, 0.6) is 0 Å². The van der Waals surface area contributed by atoms with Crippen LogP contribution >= 0.6 is 11.8 Å². The third-order valence-electron chi connectivity index (χ3n) is 5.75. The molecule has 136 valence electrons. The van der Waals surface area contributed by atoms with Gasteiger partial charge in [-0.3, -0.25) is 0 Å². The average Bonchev–Trinajstić information content (AvgIpc) is 3.32. The molecule has 3 nitrogen and oxygen atoms in total. The molecule has 3 atom stereocenters. The summed E-state index contributed by atoms with van der Waals surface area (Å²) in [5.74, 6) is 0.114. The molecule has 0 aliphatic carbocycles. The molecular formula is C22H24O3S. The van der Waals surface area contributed by atoms with E-state index in [-0.39, 0.29) is 6.10 Å². The van der Waals surface area contributed by atoms with E-state index in [0.717, 1.165) is 30.8 Å². The number of hydrogen-bond acceptors (Lipinski definition) is 4. The van der Waals surface area contributed by atoms with Gasteiger partial charge in [0.05, 0.1) is 19.3 Å². The van der Waals surface area contributed by atoms with E-state index < -0.39 is 5.79 Å². The largest absolute Gasteiger partial charge is 0.381 e. The van der Waals surface area contributed by atoms with Gasteiger partial charge in [-0.15, -0.1) is 0 Å². The molecule has 3 aliphatic heterocycles. The summed E-state index contributed by atoms with van der Waals surface area (Å²) in [6, 6.07) is 15.2. The topological polar surface area (TPSA) is 27.7 Å². The quantitative estimate of drug-likeness (QED) is 0.751. The van der Waals surface area contributed by atoms with Gasteiger partial charge >= 0.3 is 0 Å². The molecule has 4 heteroatoms. The maximum atomic E-state index is 6.75. The maximum Gasteiger partial charge on any atom is 0.225 e. The Kier molecular flexibility index (Phi) is 4.13. The Balaban J connectivity index is 1.63. The summed E-state index contributed by atoms with van der Waals surface area (Å²) in [6.45, 7) is 6.69. The lowest BCUT2D eigenvalue weighted by atomic mass is 9.92. The van der Waals surface area contributed by atoms with Crippen molar-refractivity contribution in [3.63, 3.8) is 0 Å². The molecule has 2 saturated heterocycles. The molecule has 0 radical (unpaired) electrons. The van der Waals surface area contributed by atoms with Gasteiger partial charge in [0.2, 0.25) is 5.79 Å². The molecule has 5 rings (SSSR count). The van der Waals surface area contributed by atoms with Crippen LogP contribution in [-0.4, -0.2) is 25.9 Å². The zero-order chi connectivity index (χ0) is 17.7. The van der Waals surface area contributed by atoms with Crippen LogP contribution in [0.25, 0.3) is 0 Å². The second kappa shape index (κ2) is 6.38. The Morgan fingerprint density at radius 3 is 2.69 bits per heavy atom. The number of rotatable bonds is 2. The molecule has 2 aromatic rings. The third kappa shape index (κ3) is 2.55. The molecule has 26 heavy (non-hydrogen) atoms. The van der Waals surface area contributed by atoms with Crippen molar-refractivity contribution in [2.45, 2.75) is 47.9 Å². The summed E-state index contributed by atoms with van der Waals surface area (Å²) in [4.78, 5) is 2.46. The molecule has 2 aromatic carbocycles. The lowest BCUT2D eigenvalue weighted by Crippen LogP contribution is -2.34. The molecule has 0 bridgehead atoms. The number of fused-ring (bicyclic) bond motifs is 4. The summed E-state index contributed by atoms with van der Waals surface area (Å²) < 4.78 is 18.8. The first kappa shape index (κ1) is 16.8. The summed E-state index contributed by atoms with van der Waals surface area (Å²) in [5.41, 5.74) is 3.62. The molecule has 0 saturated carbocycles. The number of ether oxygens (including phenoxy) is 3. The Labute approximate surface area is 159 Å². The van der Waals surface area contributed by atoms with Crippen molar-refractivity contribution in [3.05, 3.63) is 59.2 Å². The smallest absolute Gasteiger partial charge is 0.225 e. The Morgan fingerprint density at radius 1 is 1.04 bits per heavy atom. The van der Waals surface area contributed by atoms with E-state index in [1.54, 1.807) is 0 Å². The van der Waals surface area contributed by atoms with Crippen molar-refractivity contribution in [1.82, 2.24) is 0 Å². The molecule has 3 unspecified atom stereocenters. The van der Waals surface area contributed by atoms with E-state index in [4.69, 9.17) is 14.2 Å². The lowest BCUT2D eigenvalue weighted by molar-refractivity contribution is -0.152. The fourth-order valence-electron chi connectivity index (χ4n) is 4.19. The number of hydrogen-bond donors (Lipinski definition) is 0. The molecule has 2 fully saturated rings. The maximum absolute atomic E-state index is 6.75. The highest BCUT2D eigenvalue weighted by atomic mass is 32.2. The second-order valence-corrected chi connectivity index (χ2v) is 8.80. The monoisotopic (exact) mass is 368 g/mol. The van der Waals surface area contributed by atoms with Crippen molar-refractivity contribution in [2.24, 2.45) is 5.92 Å². The van der Waals surface area contributed by atoms with Crippen LogP contribution in [0.1, 0.15) is 42.9 Å². The summed E-state index contributed by atoms with van der Waals surface area (Å²) in [7, 11) is 0. The van der Waals surface area contributed by atoms with E-state index in [1.165, 1.54) is 15.4 Å². The Bertz CT molecular complexity index is 828. The van der Waals surface area contributed by atoms with Gasteiger partial charge in [0, 0.05) is 33.4 Å². The first-order chi connectivity index (χ1) is 12.7. The van der Waals surface area contributed by atoms with Gasteiger partial charge in [-0.05, 0) is 36.1 Å². The van der Waals surface area contributed by atoms with Crippen molar-refractivity contribution in [1.29, 1.82) is 0 Å². The summed E-state index contributed by atoms with van der Waals surface area (Å²) in [6.07, 6.45) is 1.14. The van der Waals surface area contributed by atoms with Gasteiger partial charge in [-0.25, -0.2) is 0 Å². The molecule has 0 N–H and O–H groups in total. The molecule has 3 heterocycles. The first-order valence-corrected chi connectivity index (χ1v) is 10.3. The van der Waals surface area contributed by atoms with Crippen LogP contribution in [0.3, 0.4) is 0 Å². The van der Waals surface area contributed by atoms with Gasteiger partial charge in [-0.1, -0.05) is 49.9 Å². The minimum Gasteiger partial charge on any atom is -0.381 e. The van der Waals surface area contributed by atoms with Crippen LogP contribution in [0, 0.1) is 5.92 Å². The van der Waals surface area contributed by atoms with Crippen molar-refractivity contribution >= 4 is 11.8 Å². The van der Waals surface area contributed by atoms with E-state index in [1.807, 2.05) is 11.8 Å². The Hall–Kier alpha value is -1.33. The molecule has 0 aromatic heterocycles. The SMILES string of the molecule is CC(C)c1ccc2c(c1)C1(OCC(C3CCOC3)O1)c1ccccc1S2. The zero-order valence-electron chi connectivity index (χ0n) is 15.2.